The number of rotatable bonds is 4. The van der Waals surface area contributed by atoms with E-state index in [0.29, 0.717) is 12.1 Å². The van der Waals surface area contributed by atoms with E-state index in [1.54, 1.807) is 0 Å². The van der Waals surface area contributed by atoms with Crippen LogP contribution < -0.4 is 5.43 Å². The molecule has 0 bridgehead atoms. The molecule has 3 rings (SSSR count). The van der Waals surface area contributed by atoms with E-state index in [1.807, 2.05) is 0 Å². The molecule has 1 saturated carbocycles. The third kappa shape index (κ3) is 4.38. The van der Waals surface area contributed by atoms with Gasteiger partial charge in [0, 0.05) is 24.9 Å². The summed E-state index contributed by atoms with van der Waals surface area (Å²) in [6.45, 7) is 21.0. The molecule has 0 amide bonds. The zero-order chi connectivity index (χ0) is 21.0. The fraction of sp³-hybridized carbons (Fsp3) is 0.905. The zero-order valence-corrected chi connectivity index (χ0v) is 20.5. The van der Waals surface area contributed by atoms with E-state index in [-0.39, 0.29) is 23.4 Å². The molecule has 2 fully saturated rings. The maximum absolute atomic E-state index is 6.73. The zero-order valence-electron chi connectivity index (χ0n) is 19.5. The molecule has 0 aromatic rings. The van der Waals surface area contributed by atoms with Crippen LogP contribution in [0.4, 0.5) is 0 Å². The van der Waals surface area contributed by atoms with E-state index in [1.165, 1.54) is 24.7 Å². The second-order valence-electron chi connectivity index (χ2n) is 11.4. The van der Waals surface area contributed by atoms with Crippen molar-refractivity contribution in [2.75, 3.05) is 6.54 Å². The molecule has 1 N–H and O–H groups in total. The second kappa shape index (κ2) is 7.41. The summed E-state index contributed by atoms with van der Waals surface area (Å²) in [5, 5.41) is 2.62. The van der Waals surface area contributed by atoms with Crippen LogP contribution in [0.15, 0.2) is 11.7 Å². The Hall–Kier alpha value is -0.338. The van der Waals surface area contributed by atoms with Crippen LogP contribution in [0.5, 0.6) is 0 Å². The number of nitrogens with zero attached hydrogens (tertiary/aromatic N) is 1. The topological polar surface area (TPSA) is 43.0 Å². The van der Waals surface area contributed by atoms with Crippen LogP contribution in [0.3, 0.4) is 0 Å². The molecule has 2 unspecified atom stereocenters. The van der Waals surface area contributed by atoms with Crippen LogP contribution in [0.2, 0.25) is 18.1 Å². The van der Waals surface area contributed by atoms with Crippen molar-refractivity contribution < 1.29 is 13.7 Å². The molecule has 0 aromatic heterocycles. The Balaban J connectivity index is 1.56. The lowest BCUT2D eigenvalue weighted by molar-refractivity contribution is 0.00578. The van der Waals surface area contributed by atoms with E-state index < -0.39 is 8.32 Å². The molecule has 1 saturated heterocycles. The van der Waals surface area contributed by atoms with Crippen molar-refractivity contribution in [3.05, 3.63) is 11.7 Å². The van der Waals surface area contributed by atoms with Crippen molar-refractivity contribution >= 4 is 15.4 Å². The molecule has 0 spiro atoms. The maximum atomic E-state index is 6.73. The van der Waals surface area contributed by atoms with Crippen LogP contribution in [-0.2, 0) is 13.7 Å². The van der Waals surface area contributed by atoms with Gasteiger partial charge < -0.3 is 19.2 Å². The van der Waals surface area contributed by atoms with Gasteiger partial charge in [0.1, 0.15) is 0 Å². The molecule has 2 aliphatic heterocycles. The molecule has 0 aromatic carbocycles. The van der Waals surface area contributed by atoms with E-state index in [0.717, 1.165) is 13.0 Å². The summed E-state index contributed by atoms with van der Waals surface area (Å²) in [4.78, 5) is 0. The van der Waals surface area contributed by atoms with E-state index in [9.17, 15) is 0 Å². The first-order chi connectivity index (χ1) is 12.7. The lowest BCUT2D eigenvalue weighted by atomic mass is 9.79. The quantitative estimate of drug-likeness (QED) is 0.686. The van der Waals surface area contributed by atoms with Crippen LogP contribution in [-0.4, -0.2) is 50.3 Å². The Morgan fingerprint density at radius 1 is 1.14 bits per heavy atom. The van der Waals surface area contributed by atoms with Crippen LogP contribution in [0.25, 0.3) is 0 Å². The predicted molar refractivity (Wildman–Crippen MR) is 118 cm³/mol. The van der Waals surface area contributed by atoms with Gasteiger partial charge in [0.15, 0.2) is 8.32 Å². The smallest absolute Gasteiger partial charge is 0.414 e. The van der Waals surface area contributed by atoms with Crippen LogP contribution in [0.1, 0.15) is 74.1 Å². The summed E-state index contributed by atoms with van der Waals surface area (Å²) in [7, 11) is -1.98. The lowest BCUT2D eigenvalue weighted by Gasteiger charge is -2.43. The van der Waals surface area contributed by atoms with Gasteiger partial charge in [-0.2, -0.15) is 0 Å². The van der Waals surface area contributed by atoms with E-state index in [4.69, 9.17) is 13.7 Å². The monoisotopic (exact) mass is 408 g/mol. The average Bonchev–Trinajstić information content (AvgIpc) is 3.09. The third-order valence-corrected chi connectivity index (χ3v) is 12.2. The van der Waals surface area contributed by atoms with Crippen molar-refractivity contribution in [2.45, 2.75) is 116 Å². The highest BCUT2D eigenvalue weighted by molar-refractivity contribution is 6.74. The van der Waals surface area contributed by atoms with Gasteiger partial charge in [0.2, 0.25) is 0 Å². The fourth-order valence-electron chi connectivity index (χ4n) is 3.93. The normalized spacial score (nSPS) is 31.0. The van der Waals surface area contributed by atoms with Crippen molar-refractivity contribution in [2.24, 2.45) is 0 Å². The van der Waals surface area contributed by atoms with Crippen molar-refractivity contribution in [1.82, 2.24) is 10.4 Å². The SMILES string of the molecule is CC1(C)OB(C2=CNN(C3CCCC(O[Si](C)(C)C(C)(C)C)C3)C2)OC1(C)C. The number of nitrogens with one attached hydrogen (secondary N) is 1. The molecule has 3 aliphatic rings. The molecule has 28 heavy (non-hydrogen) atoms. The minimum atomic E-state index is -1.72. The van der Waals surface area contributed by atoms with Gasteiger partial charge >= 0.3 is 7.12 Å². The number of hydrogen-bond acceptors (Lipinski definition) is 5. The molecular weight excluding hydrogens is 367 g/mol. The Bertz CT molecular complexity index is 599. The van der Waals surface area contributed by atoms with Gasteiger partial charge in [0.05, 0.1) is 11.2 Å². The predicted octanol–water partition coefficient (Wildman–Crippen LogP) is 4.65. The second-order valence-corrected chi connectivity index (χ2v) is 16.1. The van der Waals surface area contributed by atoms with Crippen molar-refractivity contribution in [1.29, 1.82) is 0 Å². The lowest BCUT2D eigenvalue weighted by Crippen LogP contribution is -2.49. The Labute approximate surface area is 173 Å². The van der Waals surface area contributed by atoms with Gasteiger partial charge in [-0.3, -0.25) is 0 Å². The summed E-state index contributed by atoms with van der Waals surface area (Å²) in [6, 6.07) is 0.500. The Morgan fingerprint density at radius 3 is 2.32 bits per heavy atom. The van der Waals surface area contributed by atoms with Gasteiger partial charge in [-0.1, -0.05) is 20.8 Å². The van der Waals surface area contributed by atoms with Crippen LogP contribution in [0, 0.1) is 0 Å². The molecule has 160 valence electrons. The highest BCUT2D eigenvalue weighted by atomic mass is 28.4. The summed E-state index contributed by atoms with van der Waals surface area (Å²) >= 11 is 0. The maximum Gasteiger partial charge on any atom is 0.493 e. The molecule has 1 aliphatic carbocycles. The number of hydrogen-bond donors (Lipinski definition) is 1. The standard InChI is InChI=1S/C21H41BN2O3Si/c1-19(2,3)28(8,9)25-18-12-10-11-17(13-18)24-15-16(14-23-24)22-26-20(4,5)21(6,7)27-22/h14,17-18,23H,10-13,15H2,1-9H3. The van der Waals surface area contributed by atoms with E-state index in [2.05, 4.69) is 78.2 Å². The van der Waals surface area contributed by atoms with Gasteiger partial charge in [-0.05, 0) is 77.0 Å². The summed E-state index contributed by atoms with van der Waals surface area (Å²) in [6.07, 6.45) is 7.20. The first-order valence-electron chi connectivity index (χ1n) is 11.0. The van der Waals surface area contributed by atoms with Gasteiger partial charge in [-0.25, -0.2) is 5.01 Å². The molecule has 2 heterocycles. The summed E-state index contributed by atoms with van der Waals surface area (Å²) in [5.41, 5.74) is 4.09. The fourth-order valence-corrected chi connectivity index (χ4v) is 5.33. The minimum absolute atomic E-state index is 0.259. The highest BCUT2D eigenvalue weighted by Gasteiger charge is 2.53. The Morgan fingerprint density at radius 2 is 1.75 bits per heavy atom. The Kier molecular flexibility index (Phi) is 5.92. The van der Waals surface area contributed by atoms with Crippen molar-refractivity contribution in [3.63, 3.8) is 0 Å². The average molecular weight is 408 g/mol. The molecule has 7 heteroatoms. The molecule has 0 radical (unpaired) electrons. The summed E-state index contributed by atoms with van der Waals surface area (Å²) < 4.78 is 19.2. The largest absolute Gasteiger partial charge is 0.493 e. The van der Waals surface area contributed by atoms with E-state index >= 15 is 0 Å². The van der Waals surface area contributed by atoms with Gasteiger partial charge in [0.25, 0.3) is 0 Å². The third-order valence-electron chi connectivity index (χ3n) is 7.63. The van der Waals surface area contributed by atoms with Crippen LogP contribution >= 0.6 is 0 Å². The highest BCUT2D eigenvalue weighted by Crippen LogP contribution is 2.41. The summed E-state index contributed by atoms with van der Waals surface area (Å²) in [5.74, 6) is 0. The minimum Gasteiger partial charge on any atom is -0.414 e. The molecule has 2 atom stereocenters. The molecule has 5 nitrogen and oxygen atoms in total. The first-order valence-corrected chi connectivity index (χ1v) is 13.9. The number of hydrazine groups is 1. The van der Waals surface area contributed by atoms with Gasteiger partial charge in [-0.15, -0.1) is 0 Å². The first kappa shape index (κ1) is 22.3. The van der Waals surface area contributed by atoms with Crippen molar-refractivity contribution in [3.8, 4) is 0 Å². The molecular formula is C21H41BN2O3Si.